The van der Waals surface area contributed by atoms with E-state index >= 15 is 0 Å². The molecule has 0 aliphatic heterocycles. The third-order valence-electron chi connectivity index (χ3n) is 3.19. The zero-order valence-electron chi connectivity index (χ0n) is 12.9. The van der Waals surface area contributed by atoms with Crippen LogP contribution in [-0.2, 0) is 6.54 Å². The molecule has 0 saturated carbocycles. The van der Waals surface area contributed by atoms with E-state index in [1.54, 1.807) is 10.7 Å². The van der Waals surface area contributed by atoms with Crippen molar-refractivity contribution in [1.29, 1.82) is 0 Å². The lowest BCUT2D eigenvalue weighted by Crippen LogP contribution is -2.29. The van der Waals surface area contributed by atoms with E-state index in [4.69, 9.17) is 0 Å². The summed E-state index contributed by atoms with van der Waals surface area (Å²) in [6.07, 6.45) is 4.29. The van der Waals surface area contributed by atoms with Gasteiger partial charge in [0.2, 0.25) is 0 Å². The van der Waals surface area contributed by atoms with Crippen LogP contribution in [0.2, 0.25) is 0 Å². The molecule has 1 unspecified atom stereocenters. The van der Waals surface area contributed by atoms with E-state index in [2.05, 4.69) is 27.4 Å². The third-order valence-corrected chi connectivity index (χ3v) is 3.19. The number of carbonyl (C=O) groups is 1. The minimum absolute atomic E-state index is 0.201. The lowest BCUT2D eigenvalue weighted by Gasteiger charge is -2.13. The van der Waals surface area contributed by atoms with Crippen LogP contribution >= 0.6 is 0 Å². The van der Waals surface area contributed by atoms with Crippen molar-refractivity contribution < 1.29 is 4.79 Å². The second kappa shape index (κ2) is 6.51. The van der Waals surface area contributed by atoms with Crippen molar-refractivity contribution in [3.63, 3.8) is 0 Å². The number of nitrogens with zero attached hydrogens (tertiary/aromatic N) is 5. The predicted octanol–water partition coefficient (Wildman–Crippen LogP) is 1.96. The minimum Gasteiger partial charge on any atom is -0.341 e. The van der Waals surface area contributed by atoms with Gasteiger partial charge in [0, 0.05) is 18.8 Å². The first-order valence-corrected chi connectivity index (χ1v) is 7.26. The molecule has 7 nitrogen and oxygen atoms in total. The average Bonchev–Trinajstić information content (AvgIpc) is 3.07. The fourth-order valence-electron chi connectivity index (χ4n) is 2.07. The van der Waals surface area contributed by atoms with Crippen LogP contribution in [0.1, 0.15) is 62.5 Å². The molecule has 1 atom stereocenters. The van der Waals surface area contributed by atoms with Gasteiger partial charge >= 0.3 is 0 Å². The summed E-state index contributed by atoms with van der Waals surface area (Å²) in [6, 6.07) is 1.74. The zero-order valence-corrected chi connectivity index (χ0v) is 12.9. The van der Waals surface area contributed by atoms with Crippen LogP contribution in [0.5, 0.6) is 0 Å². The Morgan fingerprint density at radius 2 is 2.14 bits per heavy atom. The first-order valence-electron chi connectivity index (χ1n) is 7.26. The first kappa shape index (κ1) is 15.2. The van der Waals surface area contributed by atoms with E-state index in [-0.39, 0.29) is 18.0 Å². The number of carbonyl (C=O) groups excluding carboxylic acids is 1. The molecule has 2 rings (SSSR count). The fourth-order valence-corrected chi connectivity index (χ4v) is 2.07. The highest BCUT2D eigenvalue weighted by Crippen LogP contribution is 2.11. The van der Waals surface area contributed by atoms with Gasteiger partial charge in [-0.2, -0.15) is 10.2 Å². The smallest absolute Gasteiger partial charge is 0.272 e. The van der Waals surface area contributed by atoms with Crippen LogP contribution in [0.3, 0.4) is 0 Å². The van der Waals surface area contributed by atoms with E-state index in [0.717, 1.165) is 18.8 Å². The van der Waals surface area contributed by atoms with Gasteiger partial charge in [-0.1, -0.05) is 6.92 Å². The third kappa shape index (κ3) is 3.48. The van der Waals surface area contributed by atoms with Gasteiger partial charge in [0.25, 0.3) is 5.91 Å². The summed E-state index contributed by atoms with van der Waals surface area (Å²) < 4.78 is 3.58. The van der Waals surface area contributed by atoms with Crippen LogP contribution in [-0.4, -0.2) is 30.5 Å². The van der Waals surface area contributed by atoms with Crippen LogP contribution in [0.25, 0.3) is 0 Å². The van der Waals surface area contributed by atoms with E-state index in [1.807, 2.05) is 31.6 Å². The normalized spacial score (nSPS) is 12.6. The summed E-state index contributed by atoms with van der Waals surface area (Å²) in [5, 5.41) is 11.3. The molecule has 0 aromatic carbocycles. The lowest BCUT2D eigenvalue weighted by atomic mass is 10.3. The highest BCUT2D eigenvalue weighted by atomic mass is 16.2. The maximum atomic E-state index is 12.2. The SMILES string of the molecule is CCCn1ncnc1C(C)NC(=O)c1ccn(C(C)C)n1. The van der Waals surface area contributed by atoms with Crippen LogP contribution in [0.15, 0.2) is 18.6 Å². The second-order valence-corrected chi connectivity index (χ2v) is 5.31. The quantitative estimate of drug-likeness (QED) is 0.882. The van der Waals surface area contributed by atoms with Gasteiger partial charge in [-0.3, -0.25) is 9.48 Å². The Balaban J connectivity index is 2.05. The molecule has 114 valence electrons. The van der Waals surface area contributed by atoms with Crippen molar-refractivity contribution in [3.05, 3.63) is 30.1 Å². The Labute approximate surface area is 124 Å². The lowest BCUT2D eigenvalue weighted by molar-refractivity contribution is 0.0931. The largest absolute Gasteiger partial charge is 0.341 e. The van der Waals surface area contributed by atoms with Crippen LogP contribution < -0.4 is 5.32 Å². The molecule has 0 saturated heterocycles. The van der Waals surface area contributed by atoms with Gasteiger partial charge < -0.3 is 5.32 Å². The van der Waals surface area contributed by atoms with Gasteiger partial charge in [0.15, 0.2) is 0 Å². The highest BCUT2D eigenvalue weighted by molar-refractivity contribution is 5.92. The predicted molar refractivity (Wildman–Crippen MR) is 78.8 cm³/mol. The minimum atomic E-state index is -0.212. The Morgan fingerprint density at radius 3 is 2.76 bits per heavy atom. The summed E-state index contributed by atoms with van der Waals surface area (Å²) in [6.45, 7) is 8.80. The monoisotopic (exact) mass is 290 g/mol. The first-order chi connectivity index (χ1) is 10.0. The topological polar surface area (TPSA) is 77.6 Å². The second-order valence-electron chi connectivity index (χ2n) is 5.31. The number of aromatic nitrogens is 5. The molecule has 0 fully saturated rings. The molecule has 0 bridgehead atoms. The van der Waals surface area contributed by atoms with E-state index < -0.39 is 0 Å². The van der Waals surface area contributed by atoms with Crippen molar-refractivity contribution in [2.45, 2.75) is 52.7 Å². The maximum absolute atomic E-state index is 12.2. The summed E-state index contributed by atoms with van der Waals surface area (Å²) in [5.41, 5.74) is 0.414. The maximum Gasteiger partial charge on any atom is 0.272 e. The van der Waals surface area contributed by atoms with Crippen molar-refractivity contribution in [3.8, 4) is 0 Å². The molecular formula is C14H22N6O. The summed E-state index contributed by atoms with van der Waals surface area (Å²) in [7, 11) is 0. The molecule has 1 N–H and O–H groups in total. The van der Waals surface area contributed by atoms with E-state index in [9.17, 15) is 4.79 Å². The number of nitrogens with one attached hydrogen (secondary N) is 1. The fraction of sp³-hybridized carbons (Fsp3) is 0.571. The Kier molecular flexibility index (Phi) is 4.72. The number of rotatable bonds is 6. The van der Waals surface area contributed by atoms with Crippen LogP contribution in [0, 0.1) is 0 Å². The van der Waals surface area contributed by atoms with Gasteiger partial charge in [-0.25, -0.2) is 9.67 Å². The zero-order chi connectivity index (χ0) is 15.4. The number of hydrogen-bond donors (Lipinski definition) is 1. The van der Waals surface area contributed by atoms with Crippen molar-refractivity contribution >= 4 is 5.91 Å². The van der Waals surface area contributed by atoms with Crippen LogP contribution in [0.4, 0.5) is 0 Å². The Hall–Kier alpha value is -2.18. The molecular weight excluding hydrogens is 268 g/mol. The Morgan fingerprint density at radius 1 is 1.38 bits per heavy atom. The molecule has 2 heterocycles. The Bertz CT molecular complexity index is 600. The number of aryl methyl sites for hydroxylation is 1. The van der Waals surface area contributed by atoms with E-state index in [0.29, 0.717) is 5.69 Å². The molecule has 1 amide bonds. The van der Waals surface area contributed by atoms with Gasteiger partial charge in [0.1, 0.15) is 17.8 Å². The van der Waals surface area contributed by atoms with E-state index in [1.165, 1.54) is 6.33 Å². The standard InChI is InChI=1S/C14H22N6O/c1-5-7-20-13(15-9-16-20)11(4)17-14(21)12-6-8-19(18-12)10(2)3/h6,8-11H,5,7H2,1-4H3,(H,17,21). The molecule has 7 heteroatoms. The van der Waals surface area contributed by atoms with Crippen molar-refractivity contribution in [2.24, 2.45) is 0 Å². The van der Waals surface area contributed by atoms with Crippen molar-refractivity contribution in [1.82, 2.24) is 29.9 Å². The van der Waals surface area contributed by atoms with Gasteiger partial charge in [-0.05, 0) is 33.3 Å². The number of amides is 1. The summed E-state index contributed by atoms with van der Waals surface area (Å²) in [4.78, 5) is 16.4. The molecule has 0 aliphatic rings. The number of hydrogen-bond acceptors (Lipinski definition) is 4. The average molecular weight is 290 g/mol. The summed E-state index contributed by atoms with van der Waals surface area (Å²) in [5.74, 6) is 0.557. The molecule has 0 aliphatic carbocycles. The highest BCUT2D eigenvalue weighted by Gasteiger charge is 2.18. The molecule has 0 spiro atoms. The molecule has 2 aromatic heterocycles. The van der Waals surface area contributed by atoms with Crippen molar-refractivity contribution in [2.75, 3.05) is 0 Å². The summed E-state index contributed by atoms with van der Waals surface area (Å²) >= 11 is 0. The van der Waals surface area contributed by atoms with Gasteiger partial charge in [-0.15, -0.1) is 0 Å². The molecule has 2 aromatic rings. The van der Waals surface area contributed by atoms with Gasteiger partial charge in [0.05, 0.1) is 6.04 Å². The molecule has 21 heavy (non-hydrogen) atoms. The molecule has 0 radical (unpaired) electrons.